The van der Waals surface area contributed by atoms with Gasteiger partial charge in [-0.25, -0.2) is 4.98 Å². The minimum Gasteiger partial charge on any atom is -0.504 e. The van der Waals surface area contributed by atoms with Gasteiger partial charge >= 0.3 is 0 Å². The van der Waals surface area contributed by atoms with Crippen molar-refractivity contribution in [3.63, 3.8) is 0 Å². The Balaban J connectivity index is 1.48. The number of anilines is 1. The van der Waals surface area contributed by atoms with Gasteiger partial charge in [-0.05, 0) is 133 Å². The molecule has 1 aromatic heterocycles. The first-order valence-electron chi connectivity index (χ1n) is 18.6. The molecule has 0 amide bonds. The summed E-state index contributed by atoms with van der Waals surface area (Å²) in [6.45, 7) is 2.00. The summed E-state index contributed by atoms with van der Waals surface area (Å²) in [6.07, 6.45) is 10.6. The number of aromatic hydroxyl groups is 1. The van der Waals surface area contributed by atoms with Gasteiger partial charge in [-0.15, -0.1) is 0 Å². The van der Waals surface area contributed by atoms with Crippen molar-refractivity contribution in [3.8, 4) is 11.5 Å². The number of carbonyl (C=O) groups excluding carboxylic acids is 2. The van der Waals surface area contributed by atoms with Crippen LogP contribution in [0, 0.1) is 5.92 Å². The number of aryl methyl sites for hydroxylation is 4. The zero-order chi connectivity index (χ0) is 38.0. The maximum absolute atomic E-state index is 13.1. The van der Waals surface area contributed by atoms with Crippen LogP contribution in [-0.4, -0.2) is 58.9 Å². The van der Waals surface area contributed by atoms with Crippen LogP contribution in [0.5, 0.6) is 11.5 Å². The Labute approximate surface area is 314 Å². The van der Waals surface area contributed by atoms with Crippen LogP contribution in [0.15, 0.2) is 85.1 Å². The Bertz CT molecular complexity index is 1810. The maximum Gasteiger partial charge on any atom is 0.186 e. The molecular weight excluding hydrogens is 666 g/mol. The van der Waals surface area contributed by atoms with Gasteiger partial charge in [0.1, 0.15) is 11.6 Å². The molecule has 1 unspecified atom stereocenters. The number of allylic oxidation sites excluding steroid dienone is 1. The number of pyridine rings is 1. The molecule has 53 heavy (non-hydrogen) atoms. The third-order valence-corrected chi connectivity index (χ3v) is 9.54. The predicted octanol–water partition coefficient (Wildman–Crippen LogP) is 6.57. The van der Waals surface area contributed by atoms with Gasteiger partial charge in [-0.3, -0.25) is 9.59 Å². The second kappa shape index (κ2) is 21.6. The molecule has 0 spiro atoms. The molecule has 1 heterocycles. The number of unbranched alkanes of at least 4 members (excludes halogenated alkanes) is 2. The van der Waals surface area contributed by atoms with Crippen molar-refractivity contribution in [2.45, 2.75) is 77.6 Å². The number of benzene rings is 3. The van der Waals surface area contributed by atoms with Crippen LogP contribution in [0.25, 0.3) is 5.57 Å². The van der Waals surface area contributed by atoms with E-state index in [1.807, 2.05) is 19.2 Å². The molecule has 1 atom stereocenters. The summed E-state index contributed by atoms with van der Waals surface area (Å²) in [5, 5.41) is 33.9. The van der Waals surface area contributed by atoms with E-state index in [0.717, 1.165) is 62.6 Å². The van der Waals surface area contributed by atoms with E-state index in [1.54, 1.807) is 6.20 Å². The monoisotopic (exact) mass is 721 g/mol. The van der Waals surface area contributed by atoms with Crippen LogP contribution >= 0.6 is 0 Å². The van der Waals surface area contributed by atoms with Crippen molar-refractivity contribution in [2.75, 3.05) is 32.7 Å². The van der Waals surface area contributed by atoms with Crippen molar-refractivity contribution in [1.29, 1.82) is 0 Å². The number of hydrogen-bond acceptors (Lipinski definition) is 9. The fourth-order valence-corrected chi connectivity index (χ4v) is 6.71. The molecule has 9 heteroatoms. The minimum absolute atomic E-state index is 0.000891. The molecular formula is C44H55N3O6. The van der Waals surface area contributed by atoms with E-state index in [2.05, 4.69) is 65.8 Å². The first-order valence-corrected chi connectivity index (χ1v) is 18.6. The van der Waals surface area contributed by atoms with Gasteiger partial charge in [0.15, 0.2) is 24.1 Å². The predicted molar refractivity (Wildman–Crippen MR) is 211 cm³/mol. The van der Waals surface area contributed by atoms with Crippen LogP contribution in [0.3, 0.4) is 0 Å². The first kappa shape index (κ1) is 40.9. The molecule has 282 valence electrons. The van der Waals surface area contributed by atoms with Gasteiger partial charge in [0.05, 0.1) is 13.0 Å². The number of rotatable bonds is 23. The highest BCUT2D eigenvalue weighted by molar-refractivity contribution is 6.07. The highest BCUT2D eigenvalue weighted by Gasteiger charge is 2.18. The van der Waals surface area contributed by atoms with Crippen LogP contribution in [-0.2, 0) is 41.7 Å². The molecule has 0 radical (unpaired) electrons. The van der Waals surface area contributed by atoms with Gasteiger partial charge in [0.25, 0.3) is 0 Å². The lowest BCUT2D eigenvalue weighted by atomic mass is 9.91. The number of ether oxygens (including phenoxy) is 1. The maximum atomic E-state index is 13.1. The van der Waals surface area contributed by atoms with Gasteiger partial charge in [0.2, 0.25) is 0 Å². The van der Waals surface area contributed by atoms with Gasteiger partial charge in [-0.1, -0.05) is 74.4 Å². The number of nitrogens with two attached hydrogens (primary N) is 1. The van der Waals surface area contributed by atoms with Crippen molar-refractivity contribution in [1.82, 2.24) is 10.3 Å². The van der Waals surface area contributed by atoms with E-state index in [1.165, 1.54) is 34.9 Å². The molecule has 3 aromatic carbocycles. The zero-order valence-corrected chi connectivity index (χ0v) is 31.2. The lowest BCUT2D eigenvalue weighted by molar-refractivity contribution is -0.124. The molecule has 9 nitrogen and oxygen atoms in total. The number of nitrogens with zero attached hydrogens (tertiary/aromatic N) is 1. The Morgan fingerprint density at radius 1 is 0.868 bits per heavy atom. The average molecular weight is 722 g/mol. The Morgan fingerprint density at radius 3 is 2.30 bits per heavy atom. The standard InChI is InChI=1S/C44H55N3O6/c1-31(27-46-2)10-5-3-8-15-39(50)25-40(51)22-38(29-48)41-26-43(53-30-49)42(52)23-36(41)21-37-28-47-44(45)24-35(37)19-18-34-14-9-13-33(20-34)17-16-32-11-6-4-7-12-32/h4,6-7,9,11-14,20,22-24,26,28,31,46,48-49,52H,3,5,8,10,15-19,21,25,27,29-30H2,1-2H3,(H2,45,47). The summed E-state index contributed by atoms with van der Waals surface area (Å²) in [7, 11) is 1.94. The lowest BCUT2D eigenvalue weighted by Crippen LogP contribution is -2.15. The molecule has 0 aliphatic heterocycles. The highest BCUT2D eigenvalue weighted by Crippen LogP contribution is 2.35. The molecule has 0 saturated carbocycles. The number of Topliss-reactive ketones (excluding diaryl/α,β-unsaturated/α-hetero) is 1. The fourth-order valence-electron chi connectivity index (χ4n) is 6.71. The second-order valence-corrected chi connectivity index (χ2v) is 13.9. The summed E-state index contributed by atoms with van der Waals surface area (Å²) in [5.74, 6) is 0.223. The van der Waals surface area contributed by atoms with E-state index in [0.29, 0.717) is 42.1 Å². The number of nitrogens with one attached hydrogen (secondary N) is 1. The van der Waals surface area contributed by atoms with Gasteiger partial charge in [0, 0.05) is 12.6 Å². The zero-order valence-electron chi connectivity index (χ0n) is 31.2. The number of ketones is 2. The van der Waals surface area contributed by atoms with E-state index >= 15 is 0 Å². The normalized spacial score (nSPS) is 12.1. The third-order valence-electron chi connectivity index (χ3n) is 9.54. The highest BCUT2D eigenvalue weighted by atomic mass is 16.6. The number of aromatic nitrogens is 1. The third kappa shape index (κ3) is 13.6. The quantitative estimate of drug-likeness (QED) is 0.0248. The Kier molecular flexibility index (Phi) is 16.7. The van der Waals surface area contributed by atoms with Crippen LogP contribution < -0.4 is 15.8 Å². The summed E-state index contributed by atoms with van der Waals surface area (Å²) in [5.41, 5.74) is 13.1. The number of aliphatic hydroxyl groups is 2. The Hall–Kier alpha value is -4.83. The first-order chi connectivity index (χ1) is 25.7. The SMILES string of the molecule is CNCC(C)CCCCCC(=O)CC(=O)C=C(CO)c1cc(OCO)c(O)cc1Cc1cnc(N)cc1CCc1cccc(CCc2ccccc2)c1. The Morgan fingerprint density at radius 2 is 1.58 bits per heavy atom. The molecule has 4 rings (SSSR count). The number of phenols is 1. The van der Waals surface area contributed by atoms with Crippen LogP contribution in [0.2, 0.25) is 0 Å². The number of hydrogen-bond donors (Lipinski definition) is 5. The topological polar surface area (TPSA) is 155 Å². The summed E-state index contributed by atoms with van der Waals surface area (Å²) in [6, 6.07) is 23.9. The largest absolute Gasteiger partial charge is 0.504 e. The van der Waals surface area contributed by atoms with Gasteiger partial charge in [-0.2, -0.15) is 0 Å². The van der Waals surface area contributed by atoms with Crippen molar-refractivity contribution < 1.29 is 29.6 Å². The molecule has 6 N–H and O–H groups in total. The van der Waals surface area contributed by atoms with Gasteiger partial charge < -0.3 is 31.1 Å². The molecule has 0 saturated heterocycles. The second-order valence-electron chi connectivity index (χ2n) is 13.9. The molecule has 0 fully saturated rings. The van der Waals surface area contributed by atoms with E-state index < -0.39 is 19.2 Å². The number of nitrogen functional groups attached to an aromatic ring is 1. The number of aliphatic hydroxyl groups excluding tert-OH is 2. The van der Waals surface area contributed by atoms with Crippen molar-refractivity contribution >= 4 is 23.0 Å². The van der Waals surface area contributed by atoms with E-state index in [-0.39, 0.29) is 29.3 Å². The molecule has 0 aliphatic carbocycles. The summed E-state index contributed by atoms with van der Waals surface area (Å²) >= 11 is 0. The van der Waals surface area contributed by atoms with E-state index in [9.17, 15) is 24.9 Å². The molecule has 0 bridgehead atoms. The molecule has 0 aliphatic rings. The number of carbonyl (C=O) groups is 2. The van der Waals surface area contributed by atoms with Crippen LogP contribution in [0.1, 0.15) is 84.4 Å². The summed E-state index contributed by atoms with van der Waals surface area (Å²) in [4.78, 5) is 30.1. The van der Waals surface area contributed by atoms with Crippen LogP contribution in [0.4, 0.5) is 5.82 Å². The minimum atomic E-state index is -0.675. The lowest BCUT2D eigenvalue weighted by Gasteiger charge is -2.17. The summed E-state index contributed by atoms with van der Waals surface area (Å²) < 4.78 is 5.24. The van der Waals surface area contributed by atoms with E-state index in [4.69, 9.17) is 10.5 Å². The van der Waals surface area contributed by atoms with Crippen molar-refractivity contribution in [3.05, 3.63) is 124 Å². The van der Waals surface area contributed by atoms with Crippen molar-refractivity contribution in [2.24, 2.45) is 5.92 Å². The number of phenolic OH excluding ortho intramolecular Hbond substituents is 1. The average Bonchev–Trinajstić information content (AvgIpc) is 3.15. The fraction of sp³-hybridized carbons (Fsp3) is 0.386. The molecule has 4 aromatic rings. The smallest absolute Gasteiger partial charge is 0.186 e.